The van der Waals surface area contributed by atoms with Crippen molar-refractivity contribution in [1.29, 1.82) is 0 Å². The summed E-state index contributed by atoms with van der Waals surface area (Å²) in [6, 6.07) is 0. The molecule has 4 heteroatoms. The van der Waals surface area contributed by atoms with E-state index in [4.69, 9.17) is 5.73 Å². The van der Waals surface area contributed by atoms with Gasteiger partial charge in [-0.3, -0.25) is 9.59 Å². The zero-order valence-electron chi connectivity index (χ0n) is 13.6. The SMILES string of the molecule is CC(C)C1CCC(C)(C(CC(N)=O)C(=O)N(C)C)CC1. The van der Waals surface area contributed by atoms with Crippen LogP contribution in [0.25, 0.3) is 0 Å². The monoisotopic (exact) mass is 282 g/mol. The van der Waals surface area contributed by atoms with Crippen LogP contribution in [0.1, 0.15) is 52.9 Å². The van der Waals surface area contributed by atoms with Crippen LogP contribution < -0.4 is 5.73 Å². The highest BCUT2D eigenvalue weighted by Gasteiger charge is 2.43. The Morgan fingerprint density at radius 3 is 2.10 bits per heavy atom. The molecule has 0 saturated heterocycles. The minimum absolute atomic E-state index is 0.0364. The Labute approximate surface area is 123 Å². The van der Waals surface area contributed by atoms with Gasteiger partial charge in [-0.25, -0.2) is 0 Å². The normalized spacial score (nSPS) is 28.2. The van der Waals surface area contributed by atoms with Gasteiger partial charge in [0.1, 0.15) is 0 Å². The van der Waals surface area contributed by atoms with E-state index in [1.165, 1.54) is 0 Å². The highest BCUT2D eigenvalue weighted by molar-refractivity contribution is 5.85. The van der Waals surface area contributed by atoms with Crippen LogP contribution in [-0.4, -0.2) is 30.8 Å². The average molecular weight is 282 g/mol. The molecule has 20 heavy (non-hydrogen) atoms. The molecule has 116 valence electrons. The van der Waals surface area contributed by atoms with Crippen molar-refractivity contribution in [2.45, 2.75) is 52.9 Å². The van der Waals surface area contributed by atoms with Crippen molar-refractivity contribution in [2.24, 2.45) is 28.9 Å². The first-order valence-electron chi connectivity index (χ1n) is 7.67. The number of nitrogens with two attached hydrogens (primary N) is 1. The average Bonchev–Trinajstić information content (AvgIpc) is 2.35. The van der Waals surface area contributed by atoms with Gasteiger partial charge in [-0.1, -0.05) is 20.8 Å². The van der Waals surface area contributed by atoms with E-state index in [0.717, 1.165) is 31.6 Å². The Morgan fingerprint density at radius 2 is 1.75 bits per heavy atom. The van der Waals surface area contributed by atoms with E-state index >= 15 is 0 Å². The molecule has 1 aliphatic rings. The minimum Gasteiger partial charge on any atom is -0.370 e. The van der Waals surface area contributed by atoms with E-state index in [1.54, 1.807) is 19.0 Å². The summed E-state index contributed by atoms with van der Waals surface area (Å²) >= 11 is 0. The zero-order valence-corrected chi connectivity index (χ0v) is 13.6. The quantitative estimate of drug-likeness (QED) is 0.841. The van der Waals surface area contributed by atoms with E-state index in [2.05, 4.69) is 20.8 Å². The second-order valence-electron chi connectivity index (χ2n) is 7.19. The number of hydrogen-bond acceptors (Lipinski definition) is 2. The molecular weight excluding hydrogens is 252 g/mol. The number of hydrogen-bond donors (Lipinski definition) is 1. The molecule has 2 amide bonds. The molecule has 1 saturated carbocycles. The Kier molecular flexibility index (Phi) is 5.60. The van der Waals surface area contributed by atoms with Crippen molar-refractivity contribution >= 4 is 11.8 Å². The van der Waals surface area contributed by atoms with Gasteiger partial charge in [-0.2, -0.15) is 0 Å². The number of primary amides is 1. The van der Waals surface area contributed by atoms with Gasteiger partial charge < -0.3 is 10.6 Å². The number of amides is 2. The smallest absolute Gasteiger partial charge is 0.226 e. The maximum atomic E-state index is 12.4. The first-order valence-corrected chi connectivity index (χ1v) is 7.67. The Morgan fingerprint density at radius 1 is 1.25 bits per heavy atom. The van der Waals surface area contributed by atoms with Gasteiger partial charge in [0.15, 0.2) is 0 Å². The van der Waals surface area contributed by atoms with Crippen LogP contribution in [0.3, 0.4) is 0 Å². The third-order valence-corrected chi connectivity index (χ3v) is 5.10. The second kappa shape index (κ2) is 6.59. The Balaban J connectivity index is 2.85. The summed E-state index contributed by atoms with van der Waals surface area (Å²) in [5, 5.41) is 0. The third-order valence-electron chi connectivity index (χ3n) is 5.10. The van der Waals surface area contributed by atoms with Crippen molar-refractivity contribution in [1.82, 2.24) is 4.90 Å². The molecule has 0 aromatic rings. The van der Waals surface area contributed by atoms with Crippen molar-refractivity contribution in [3.05, 3.63) is 0 Å². The van der Waals surface area contributed by atoms with Crippen LogP contribution in [0.2, 0.25) is 0 Å². The molecule has 0 bridgehead atoms. The van der Waals surface area contributed by atoms with Gasteiger partial charge in [-0.05, 0) is 42.9 Å². The number of carbonyl (C=O) groups is 2. The van der Waals surface area contributed by atoms with E-state index in [0.29, 0.717) is 5.92 Å². The summed E-state index contributed by atoms with van der Waals surface area (Å²) in [5.74, 6) is 0.820. The Bertz CT molecular complexity index is 355. The van der Waals surface area contributed by atoms with Crippen molar-refractivity contribution in [3.63, 3.8) is 0 Å². The summed E-state index contributed by atoms with van der Waals surface area (Å²) in [4.78, 5) is 25.4. The molecule has 0 spiro atoms. The van der Waals surface area contributed by atoms with Crippen molar-refractivity contribution in [2.75, 3.05) is 14.1 Å². The van der Waals surface area contributed by atoms with Gasteiger partial charge in [0.25, 0.3) is 0 Å². The fourth-order valence-corrected chi connectivity index (χ4v) is 3.46. The minimum atomic E-state index is -0.377. The highest BCUT2D eigenvalue weighted by atomic mass is 16.2. The van der Waals surface area contributed by atoms with E-state index < -0.39 is 0 Å². The number of nitrogens with zero attached hydrogens (tertiary/aromatic N) is 1. The molecule has 1 atom stereocenters. The standard InChI is InChI=1S/C16H30N2O2/c1-11(2)12-6-8-16(3,9-7-12)13(10-14(17)19)15(20)18(4)5/h11-13H,6-10H2,1-5H3,(H2,17,19). The summed E-state index contributed by atoms with van der Waals surface area (Å²) in [5.41, 5.74) is 5.27. The summed E-state index contributed by atoms with van der Waals surface area (Å²) in [6.07, 6.45) is 4.47. The van der Waals surface area contributed by atoms with Gasteiger partial charge in [0, 0.05) is 20.5 Å². The van der Waals surface area contributed by atoms with Crippen LogP contribution >= 0.6 is 0 Å². The molecule has 0 heterocycles. The largest absolute Gasteiger partial charge is 0.370 e. The lowest BCUT2D eigenvalue weighted by molar-refractivity contribution is -0.141. The topological polar surface area (TPSA) is 63.4 Å². The molecule has 0 aromatic carbocycles. The lowest BCUT2D eigenvalue weighted by Crippen LogP contribution is -2.44. The predicted molar refractivity (Wildman–Crippen MR) is 80.9 cm³/mol. The van der Waals surface area contributed by atoms with Crippen LogP contribution in [0.4, 0.5) is 0 Å². The molecule has 1 aliphatic carbocycles. The van der Waals surface area contributed by atoms with E-state index in [-0.39, 0.29) is 29.6 Å². The fraction of sp³-hybridized carbons (Fsp3) is 0.875. The molecule has 1 fully saturated rings. The van der Waals surface area contributed by atoms with Gasteiger partial charge in [-0.15, -0.1) is 0 Å². The van der Waals surface area contributed by atoms with Crippen molar-refractivity contribution in [3.8, 4) is 0 Å². The van der Waals surface area contributed by atoms with Gasteiger partial charge in [0.2, 0.25) is 11.8 Å². The maximum absolute atomic E-state index is 12.4. The summed E-state index contributed by atoms with van der Waals surface area (Å²) in [7, 11) is 3.50. The number of carbonyl (C=O) groups excluding carboxylic acids is 2. The first-order chi connectivity index (χ1) is 9.17. The Hall–Kier alpha value is -1.06. The summed E-state index contributed by atoms with van der Waals surface area (Å²) in [6.45, 7) is 6.68. The molecule has 1 rings (SSSR count). The molecule has 4 nitrogen and oxygen atoms in total. The third kappa shape index (κ3) is 3.97. The van der Waals surface area contributed by atoms with Gasteiger partial charge in [0.05, 0.1) is 5.92 Å². The predicted octanol–water partition coefficient (Wildman–Crippen LogP) is 2.42. The van der Waals surface area contributed by atoms with E-state index in [1.807, 2.05) is 0 Å². The lowest BCUT2D eigenvalue weighted by atomic mass is 9.62. The molecule has 0 aliphatic heterocycles. The van der Waals surface area contributed by atoms with E-state index in [9.17, 15) is 9.59 Å². The highest BCUT2D eigenvalue weighted by Crippen LogP contribution is 2.47. The fourth-order valence-electron chi connectivity index (χ4n) is 3.46. The second-order valence-corrected chi connectivity index (χ2v) is 7.19. The summed E-state index contributed by atoms with van der Waals surface area (Å²) < 4.78 is 0. The van der Waals surface area contributed by atoms with Crippen LogP contribution in [0, 0.1) is 23.2 Å². The maximum Gasteiger partial charge on any atom is 0.226 e. The lowest BCUT2D eigenvalue weighted by Gasteiger charge is -2.43. The number of rotatable bonds is 5. The first kappa shape index (κ1) is 17.0. The van der Waals surface area contributed by atoms with Crippen LogP contribution in [0.15, 0.2) is 0 Å². The molecular formula is C16H30N2O2. The van der Waals surface area contributed by atoms with Crippen LogP contribution in [-0.2, 0) is 9.59 Å². The van der Waals surface area contributed by atoms with Crippen LogP contribution in [0.5, 0.6) is 0 Å². The molecule has 2 N–H and O–H groups in total. The van der Waals surface area contributed by atoms with Crippen molar-refractivity contribution < 1.29 is 9.59 Å². The van der Waals surface area contributed by atoms with Gasteiger partial charge >= 0.3 is 0 Å². The molecule has 0 aromatic heterocycles. The molecule has 0 radical (unpaired) electrons. The zero-order chi connectivity index (χ0) is 15.5. The molecule has 1 unspecified atom stereocenters.